The number of halogens is 1. The molecule has 0 aromatic carbocycles. The van der Waals surface area contributed by atoms with Crippen LogP contribution in [0.1, 0.15) is 25.5 Å². The van der Waals surface area contributed by atoms with Gasteiger partial charge in [-0.15, -0.1) is 35.3 Å². The lowest BCUT2D eigenvalue weighted by Crippen LogP contribution is -2.45. The number of aliphatic imine (C=N–C) groups is 1. The van der Waals surface area contributed by atoms with Gasteiger partial charge in [-0.25, -0.2) is 9.98 Å². The zero-order valence-electron chi connectivity index (χ0n) is 13.5. The zero-order valence-corrected chi connectivity index (χ0v) is 17.4. The fraction of sp³-hybridized carbons (Fsp3) is 0.714. The van der Waals surface area contributed by atoms with Crippen LogP contribution in [0.4, 0.5) is 5.13 Å². The molecule has 1 saturated heterocycles. The second-order valence-electron chi connectivity index (χ2n) is 5.27. The molecular formula is C14H26IN5S2. The summed E-state index contributed by atoms with van der Waals surface area (Å²) in [6.07, 6.45) is 2.53. The standard InChI is InChI=1S/C14H25N5S2.HI/c1-4-15-13(17-11-6-5-7-20-9-11)16-8-12-10-21-14(18-12)19(2)3;/h10-11H,4-9H2,1-3H3,(H2,15,16,17);1H. The van der Waals surface area contributed by atoms with Crippen LogP contribution in [0.3, 0.4) is 0 Å². The fourth-order valence-electron chi connectivity index (χ4n) is 2.10. The number of rotatable bonds is 5. The number of guanidine groups is 1. The summed E-state index contributed by atoms with van der Waals surface area (Å²) in [7, 11) is 4.02. The molecule has 0 bridgehead atoms. The Morgan fingerprint density at radius 1 is 1.50 bits per heavy atom. The molecule has 126 valence electrons. The van der Waals surface area contributed by atoms with Crippen molar-refractivity contribution in [2.45, 2.75) is 32.4 Å². The predicted octanol–water partition coefficient (Wildman–Crippen LogP) is 2.78. The number of nitrogens with one attached hydrogen (secondary N) is 2. The number of thioether (sulfide) groups is 1. The molecule has 1 aromatic heterocycles. The Labute approximate surface area is 158 Å². The summed E-state index contributed by atoms with van der Waals surface area (Å²) in [6.45, 7) is 3.60. The van der Waals surface area contributed by atoms with Gasteiger partial charge in [0.05, 0.1) is 12.2 Å². The van der Waals surface area contributed by atoms with Crippen molar-refractivity contribution >= 4 is 58.2 Å². The first-order valence-electron chi connectivity index (χ1n) is 7.43. The molecule has 1 unspecified atom stereocenters. The maximum atomic E-state index is 4.66. The average Bonchev–Trinajstić information content (AvgIpc) is 2.95. The van der Waals surface area contributed by atoms with E-state index in [2.05, 4.69) is 32.9 Å². The quantitative estimate of drug-likeness (QED) is 0.406. The van der Waals surface area contributed by atoms with Gasteiger partial charge in [0.25, 0.3) is 0 Å². The lowest BCUT2D eigenvalue weighted by Gasteiger charge is -2.24. The van der Waals surface area contributed by atoms with Crippen LogP contribution in [0.5, 0.6) is 0 Å². The number of hydrogen-bond acceptors (Lipinski definition) is 5. The molecule has 5 nitrogen and oxygen atoms in total. The van der Waals surface area contributed by atoms with Crippen molar-refractivity contribution in [2.24, 2.45) is 4.99 Å². The monoisotopic (exact) mass is 455 g/mol. The van der Waals surface area contributed by atoms with Crippen LogP contribution in [-0.4, -0.2) is 49.1 Å². The smallest absolute Gasteiger partial charge is 0.191 e. The van der Waals surface area contributed by atoms with Gasteiger partial charge in [0.2, 0.25) is 0 Å². The highest BCUT2D eigenvalue weighted by Crippen LogP contribution is 2.19. The summed E-state index contributed by atoms with van der Waals surface area (Å²) in [5.41, 5.74) is 1.03. The molecule has 0 aliphatic carbocycles. The van der Waals surface area contributed by atoms with Crippen molar-refractivity contribution in [2.75, 3.05) is 37.0 Å². The van der Waals surface area contributed by atoms with Crippen molar-refractivity contribution in [3.63, 3.8) is 0 Å². The number of aromatic nitrogens is 1. The highest BCUT2D eigenvalue weighted by Gasteiger charge is 2.14. The van der Waals surface area contributed by atoms with Gasteiger partial charge in [0.15, 0.2) is 11.1 Å². The van der Waals surface area contributed by atoms with Crippen molar-refractivity contribution in [3.8, 4) is 0 Å². The third-order valence-electron chi connectivity index (χ3n) is 3.17. The van der Waals surface area contributed by atoms with E-state index in [1.54, 1.807) is 11.3 Å². The van der Waals surface area contributed by atoms with Gasteiger partial charge in [-0.1, -0.05) is 0 Å². The van der Waals surface area contributed by atoms with E-state index in [1.165, 1.54) is 24.3 Å². The average molecular weight is 455 g/mol. The molecule has 2 N–H and O–H groups in total. The Morgan fingerprint density at radius 3 is 2.91 bits per heavy atom. The molecular weight excluding hydrogens is 429 g/mol. The van der Waals surface area contributed by atoms with Gasteiger partial charge in [-0.2, -0.15) is 11.8 Å². The minimum atomic E-state index is 0. The van der Waals surface area contributed by atoms with E-state index in [0.29, 0.717) is 12.6 Å². The van der Waals surface area contributed by atoms with Crippen molar-refractivity contribution in [1.82, 2.24) is 15.6 Å². The zero-order chi connectivity index (χ0) is 15.1. The van der Waals surface area contributed by atoms with Gasteiger partial charge in [0.1, 0.15) is 0 Å². The Kier molecular flexibility index (Phi) is 9.49. The lowest BCUT2D eigenvalue weighted by molar-refractivity contribution is 0.582. The van der Waals surface area contributed by atoms with Crippen LogP contribution in [0.2, 0.25) is 0 Å². The second-order valence-corrected chi connectivity index (χ2v) is 7.26. The van der Waals surface area contributed by atoms with Gasteiger partial charge < -0.3 is 15.5 Å². The first kappa shape index (κ1) is 19.8. The fourth-order valence-corrected chi connectivity index (χ4v) is 3.92. The number of nitrogens with zero attached hydrogens (tertiary/aromatic N) is 3. The lowest BCUT2D eigenvalue weighted by atomic mass is 10.2. The summed E-state index contributed by atoms with van der Waals surface area (Å²) in [4.78, 5) is 11.3. The van der Waals surface area contributed by atoms with Crippen LogP contribution in [-0.2, 0) is 6.54 Å². The molecule has 0 radical (unpaired) electrons. The van der Waals surface area contributed by atoms with E-state index in [9.17, 15) is 0 Å². The van der Waals surface area contributed by atoms with Gasteiger partial charge >= 0.3 is 0 Å². The molecule has 2 heterocycles. The molecule has 0 amide bonds. The first-order valence-corrected chi connectivity index (χ1v) is 9.46. The highest BCUT2D eigenvalue weighted by molar-refractivity contribution is 14.0. The molecule has 22 heavy (non-hydrogen) atoms. The summed E-state index contributed by atoms with van der Waals surface area (Å²) in [6, 6.07) is 0.536. The number of thiazole rings is 1. The molecule has 1 atom stereocenters. The van der Waals surface area contributed by atoms with Crippen LogP contribution < -0.4 is 15.5 Å². The highest BCUT2D eigenvalue weighted by atomic mass is 127. The second kappa shape index (κ2) is 10.5. The summed E-state index contributed by atoms with van der Waals surface area (Å²) in [5.74, 6) is 3.37. The molecule has 1 aromatic rings. The van der Waals surface area contributed by atoms with E-state index in [4.69, 9.17) is 0 Å². The third-order valence-corrected chi connectivity index (χ3v) is 5.44. The summed E-state index contributed by atoms with van der Waals surface area (Å²) in [5, 5.41) is 9.98. The first-order chi connectivity index (χ1) is 10.2. The molecule has 1 fully saturated rings. The topological polar surface area (TPSA) is 52.6 Å². The van der Waals surface area contributed by atoms with Crippen LogP contribution in [0.15, 0.2) is 10.4 Å². The number of hydrogen-bond donors (Lipinski definition) is 2. The Hall–Kier alpha value is -0.220. The maximum absolute atomic E-state index is 4.66. The van der Waals surface area contributed by atoms with E-state index < -0.39 is 0 Å². The SMILES string of the molecule is CCNC(=NCc1csc(N(C)C)n1)NC1CCCSC1.I. The molecule has 1 aliphatic rings. The van der Waals surface area contributed by atoms with Crippen LogP contribution >= 0.6 is 47.1 Å². The van der Waals surface area contributed by atoms with Crippen molar-refractivity contribution < 1.29 is 0 Å². The summed E-state index contributed by atoms with van der Waals surface area (Å²) < 4.78 is 0. The van der Waals surface area contributed by atoms with E-state index >= 15 is 0 Å². The molecule has 0 saturated carbocycles. The van der Waals surface area contributed by atoms with E-state index in [-0.39, 0.29) is 24.0 Å². The predicted molar refractivity (Wildman–Crippen MR) is 110 cm³/mol. The van der Waals surface area contributed by atoms with Crippen LogP contribution in [0, 0.1) is 0 Å². The van der Waals surface area contributed by atoms with Crippen LogP contribution in [0.25, 0.3) is 0 Å². The Balaban J connectivity index is 0.00000242. The maximum Gasteiger partial charge on any atom is 0.191 e. The van der Waals surface area contributed by atoms with Crippen molar-refractivity contribution in [1.29, 1.82) is 0 Å². The normalized spacial score (nSPS) is 18.5. The van der Waals surface area contributed by atoms with E-state index in [0.717, 1.165) is 23.3 Å². The Morgan fingerprint density at radius 2 is 2.32 bits per heavy atom. The largest absolute Gasteiger partial charge is 0.357 e. The van der Waals surface area contributed by atoms with Crippen molar-refractivity contribution in [3.05, 3.63) is 11.1 Å². The molecule has 1 aliphatic heterocycles. The van der Waals surface area contributed by atoms with Gasteiger partial charge in [0, 0.05) is 37.8 Å². The summed E-state index contributed by atoms with van der Waals surface area (Å²) >= 11 is 3.68. The van der Waals surface area contributed by atoms with E-state index in [1.807, 2.05) is 30.8 Å². The molecule has 8 heteroatoms. The Bertz CT molecular complexity index is 458. The van der Waals surface area contributed by atoms with Gasteiger partial charge in [-0.3, -0.25) is 0 Å². The third kappa shape index (κ3) is 6.49. The minimum Gasteiger partial charge on any atom is -0.357 e. The minimum absolute atomic E-state index is 0. The van der Waals surface area contributed by atoms with Gasteiger partial charge in [-0.05, 0) is 25.5 Å². The molecule has 2 rings (SSSR count). The number of anilines is 1. The molecule has 0 spiro atoms.